The van der Waals surface area contributed by atoms with Crippen molar-refractivity contribution in [2.45, 2.75) is 32.7 Å². The van der Waals surface area contributed by atoms with Gasteiger partial charge in [0.15, 0.2) is 0 Å². The summed E-state index contributed by atoms with van der Waals surface area (Å²) in [6.45, 7) is 8.15. The number of hydrogen-bond donors (Lipinski definition) is 1. The molecule has 1 fully saturated rings. The monoisotopic (exact) mass is 238 g/mol. The topological polar surface area (TPSA) is 15.3 Å². The molecule has 1 N–H and O–H groups in total. The number of piperidine rings is 1. The smallest absolute Gasteiger partial charge is 0.0300 e. The lowest BCUT2D eigenvalue weighted by Crippen LogP contribution is -2.35. The summed E-state index contributed by atoms with van der Waals surface area (Å²) in [7, 11) is 0. The minimum absolute atomic E-state index is 1.03. The highest BCUT2D eigenvalue weighted by atomic mass is 32.1. The molecule has 0 aromatic carbocycles. The summed E-state index contributed by atoms with van der Waals surface area (Å²) in [6, 6.07) is 4.43. The van der Waals surface area contributed by atoms with Gasteiger partial charge in [-0.2, -0.15) is 0 Å². The maximum atomic E-state index is 3.53. The summed E-state index contributed by atoms with van der Waals surface area (Å²) >= 11 is 1.90. The van der Waals surface area contributed by atoms with E-state index < -0.39 is 0 Å². The van der Waals surface area contributed by atoms with Crippen molar-refractivity contribution in [1.82, 2.24) is 10.2 Å². The molecule has 2 nitrogen and oxygen atoms in total. The second-order valence-corrected chi connectivity index (χ2v) is 5.96. The quantitative estimate of drug-likeness (QED) is 0.793. The van der Waals surface area contributed by atoms with Crippen molar-refractivity contribution in [2.24, 2.45) is 0 Å². The number of likely N-dealkylation sites (tertiary alicyclic amines) is 1. The SMILES string of the molecule is Cc1ccc(CNCCN2CCCCC2)s1. The highest BCUT2D eigenvalue weighted by Gasteiger charge is 2.08. The first-order valence-electron chi connectivity index (χ1n) is 6.33. The third-order valence-corrected chi connectivity index (χ3v) is 4.15. The molecule has 0 aliphatic carbocycles. The second-order valence-electron chi connectivity index (χ2n) is 4.59. The van der Waals surface area contributed by atoms with Gasteiger partial charge in [0.2, 0.25) is 0 Å². The van der Waals surface area contributed by atoms with Gasteiger partial charge in [0.25, 0.3) is 0 Å². The summed E-state index contributed by atoms with van der Waals surface area (Å²) in [6.07, 6.45) is 4.21. The highest BCUT2D eigenvalue weighted by Crippen LogP contribution is 2.14. The van der Waals surface area contributed by atoms with Gasteiger partial charge < -0.3 is 10.2 Å². The maximum Gasteiger partial charge on any atom is 0.0300 e. The van der Waals surface area contributed by atoms with Gasteiger partial charge in [-0.3, -0.25) is 0 Å². The first-order valence-corrected chi connectivity index (χ1v) is 7.14. The molecule has 0 spiro atoms. The molecule has 0 amide bonds. The van der Waals surface area contributed by atoms with Gasteiger partial charge in [0.1, 0.15) is 0 Å². The summed E-state index contributed by atoms with van der Waals surface area (Å²) < 4.78 is 0. The molecule has 1 aliphatic rings. The Kier molecular flexibility index (Phi) is 4.82. The largest absolute Gasteiger partial charge is 0.311 e. The zero-order valence-electron chi connectivity index (χ0n) is 10.2. The zero-order chi connectivity index (χ0) is 11.2. The number of thiophene rings is 1. The molecule has 1 aromatic rings. The summed E-state index contributed by atoms with van der Waals surface area (Å²) in [5, 5.41) is 3.53. The van der Waals surface area contributed by atoms with Crippen molar-refractivity contribution in [3.8, 4) is 0 Å². The Morgan fingerprint density at radius 2 is 2.06 bits per heavy atom. The van der Waals surface area contributed by atoms with Crippen LogP contribution in [-0.4, -0.2) is 31.1 Å². The van der Waals surface area contributed by atoms with E-state index in [-0.39, 0.29) is 0 Å². The minimum atomic E-state index is 1.03. The molecular weight excluding hydrogens is 216 g/mol. The fraction of sp³-hybridized carbons (Fsp3) is 0.692. The van der Waals surface area contributed by atoms with E-state index in [0.717, 1.165) is 13.1 Å². The summed E-state index contributed by atoms with van der Waals surface area (Å²) in [4.78, 5) is 5.44. The second kappa shape index (κ2) is 6.38. The van der Waals surface area contributed by atoms with Crippen molar-refractivity contribution in [2.75, 3.05) is 26.2 Å². The minimum Gasteiger partial charge on any atom is -0.311 e. The van der Waals surface area contributed by atoms with Crippen LogP contribution in [0.25, 0.3) is 0 Å². The zero-order valence-corrected chi connectivity index (χ0v) is 11.0. The highest BCUT2D eigenvalue weighted by molar-refractivity contribution is 7.11. The van der Waals surface area contributed by atoms with Crippen LogP contribution in [-0.2, 0) is 6.54 Å². The molecule has 2 heterocycles. The first kappa shape index (κ1) is 12.1. The van der Waals surface area contributed by atoms with Gasteiger partial charge in [-0.05, 0) is 45.0 Å². The Hall–Kier alpha value is -0.380. The normalized spacial score (nSPS) is 17.8. The van der Waals surface area contributed by atoms with E-state index in [1.807, 2.05) is 11.3 Å². The number of aryl methyl sites for hydroxylation is 1. The van der Waals surface area contributed by atoms with E-state index in [2.05, 4.69) is 29.3 Å². The summed E-state index contributed by atoms with van der Waals surface area (Å²) in [5.41, 5.74) is 0. The van der Waals surface area contributed by atoms with Crippen molar-refractivity contribution in [3.63, 3.8) is 0 Å². The Morgan fingerprint density at radius 3 is 2.75 bits per heavy atom. The summed E-state index contributed by atoms with van der Waals surface area (Å²) in [5.74, 6) is 0. The molecular formula is C13H22N2S. The fourth-order valence-corrected chi connectivity index (χ4v) is 3.07. The number of nitrogens with one attached hydrogen (secondary N) is 1. The Balaban J connectivity index is 1.57. The van der Waals surface area contributed by atoms with Gasteiger partial charge in [-0.1, -0.05) is 6.42 Å². The Labute approximate surface area is 103 Å². The van der Waals surface area contributed by atoms with Crippen molar-refractivity contribution >= 4 is 11.3 Å². The number of rotatable bonds is 5. The lowest BCUT2D eigenvalue weighted by molar-refractivity contribution is 0.229. The van der Waals surface area contributed by atoms with Crippen LogP contribution < -0.4 is 5.32 Å². The van der Waals surface area contributed by atoms with Crippen LogP contribution in [0.15, 0.2) is 12.1 Å². The van der Waals surface area contributed by atoms with Gasteiger partial charge >= 0.3 is 0 Å². The van der Waals surface area contributed by atoms with Gasteiger partial charge in [-0.15, -0.1) is 11.3 Å². The predicted octanol–water partition coefficient (Wildman–Crippen LogP) is 2.63. The number of nitrogens with zero attached hydrogens (tertiary/aromatic N) is 1. The van der Waals surface area contributed by atoms with Crippen molar-refractivity contribution in [1.29, 1.82) is 0 Å². The molecule has 90 valence electrons. The first-order chi connectivity index (χ1) is 7.84. The molecule has 1 saturated heterocycles. The standard InChI is InChI=1S/C13H22N2S/c1-12-5-6-13(16-12)11-14-7-10-15-8-3-2-4-9-15/h5-6,14H,2-4,7-11H2,1H3. The lowest BCUT2D eigenvalue weighted by Gasteiger charge is -2.26. The van der Waals surface area contributed by atoms with Crippen LogP contribution in [0.1, 0.15) is 29.0 Å². The average molecular weight is 238 g/mol. The van der Waals surface area contributed by atoms with Crippen LogP contribution in [0, 0.1) is 6.92 Å². The van der Waals surface area contributed by atoms with E-state index in [4.69, 9.17) is 0 Å². The van der Waals surface area contributed by atoms with E-state index in [1.54, 1.807) is 0 Å². The molecule has 0 radical (unpaired) electrons. The molecule has 1 aliphatic heterocycles. The van der Waals surface area contributed by atoms with Crippen LogP contribution in [0.2, 0.25) is 0 Å². The molecule has 0 atom stereocenters. The predicted molar refractivity (Wildman–Crippen MR) is 71.1 cm³/mol. The molecule has 1 aromatic heterocycles. The van der Waals surface area contributed by atoms with E-state index in [1.165, 1.54) is 48.7 Å². The lowest BCUT2D eigenvalue weighted by atomic mass is 10.1. The molecule has 0 bridgehead atoms. The number of hydrogen-bond acceptors (Lipinski definition) is 3. The van der Waals surface area contributed by atoms with Crippen molar-refractivity contribution in [3.05, 3.63) is 21.9 Å². The molecule has 0 saturated carbocycles. The van der Waals surface area contributed by atoms with Crippen LogP contribution >= 0.6 is 11.3 Å². The fourth-order valence-electron chi connectivity index (χ4n) is 2.21. The van der Waals surface area contributed by atoms with Crippen LogP contribution in [0.4, 0.5) is 0 Å². The Morgan fingerprint density at radius 1 is 1.25 bits per heavy atom. The van der Waals surface area contributed by atoms with E-state index in [9.17, 15) is 0 Å². The van der Waals surface area contributed by atoms with Gasteiger partial charge in [-0.25, -0.2) is 0 Å². The Bertz CT molecular complexity index is 303. The van der Waals surface area contributed by atoms with Crippen molar-refractivity contribution < 1.29 is 0 Å². The molecule has 3 heteroatoms. The molecule has 0 unspecified atom stereocenters. The van der Waals surface area contributed by atoms with Crippen LogP contribution in [0.3, 0.4) is 0 Å². The third-order valence-electron chi connectivity index (χ3n) is 3.15. The molecule has 2 rings (SSSR count). The van der Waals surface area contributed by atoms with E-state index in [0.29, 0.717) is 0 Å². The van der Waals surface area contributed by atoms with E-state index >= 15 is 0 Å². The average Bonchev–Trinajstić information content (AvgIpc) is 2.72. The third kappa shape index (κ3) is 3.89. The van der Waals surface area contributed by atoms with Gasteiger partial charge in [0, 0.05) is 29.4 Å². The van der Waals surface area contributed by atoms with Gasteiger partial charge in [0.05, 0.1) is 0 Å². The van der Waals surface area contributed by atoms with Crippen LogP contribution in [0.5, 0.6) is 0 Å². The maximum absolute atomic E-state index is 3.53. The molecule has 16 heavy (non-hydrogen) atoms.